The van der Waals surface area contributed by atoms with E-state index in [2.05, 4.69) is 26.3 Å². The number of nitrogens with one attached hydrogen (secondary N) is 1. The van der Waals surface area contributed by atoms with E-state index in [1.54, 1.807) is 11.5 Å². The van der Waals surface area contributed by atoms with E-state index in [-0.39, 0.29) is 56.6 Å². The molecule has 0 saturated carbocycles. The van der Waals surface area contributed by atoms with Crippen molar-refractivity contribution in [1.82, 2.24) is 19.5 Å². The van der Waals surface area contributed by atoms with Crippen LogP contribution in [0.4, 0.5) is 4.39 Å². The molecule has 1 amide bonds. The van der Waals surface area contributed by atoms with Crippen molar-refractivity contribution in [3.8, 4) is 0 Å². The van der Waals surface area contributed by atoms with Gasteiger partial charge in [-0.05, 0) is 6.42 Å². The molecule has 1 N–H and O–H groups in total. The van der Waals surface area contributed by atoms with Gasteiger partial charge in [-0.15, -0.1) is 0 Å². The number of carbonyl (C=O) groups is 1. The average molecular weight is 395 g/mol. The topological polar surface area (TPSA) is 85.2 Å². The first-order valence-electron chi connectivity index (χ1n) is 7.34. The maximum absolute atomic E-state index is 14.2. The Balaban J connectivity index is 0.00000192. The third kappa shape index (κ3) is 3.59. The molecule has 1 saturated heterocycles. The number of carbonyl (C=O) groups excluding carboxylic acids is 1. The van der Waals surface area contributed by atoms with Gasteiger partial charge in [-0.3, -0.25) is 14.8 Å². The minimum atomic E-state index is -1.11. The van der Waals surface area contributed by atoms with Crippen LogP contribution in [-0.4, -0.2) is 37.7 Å². The number of alkyl halides is 1. The molecule has 0 bridgehead atoms. The van der Waals surface area contributed by atoms with Gasteiger partial charge in [-0.25, -0.2) is 4.39 Å². The second-order valence-electron chi connectivity index (χ2n) is 5.19. The molecule has 2 aromatic heterocycles. The summed E-state index contributed by atoms with van der Waals surface area (Å²) in [7, 11) is 0. The Bertz CT molecular complexity index is 759. The zero-order chi connectivity index (χ0) is 15.7. The van der Waals surface area contributed by atoms with Crippen LogP contribution in [0.5, 0.6) is 0 Å². The van der Waals surface area contributed by atoms with Crippen molar-refractivity contribution in [3.63, 3.8) is 0 Å². The summed E-state index contributed by atoms with van der Waals surface area (Å²) in [5.41, 5.74) is 1.07. The zero-order valence-electron chi connectivity index (χ0n) is 13.0. The van der Waals surface area contributed by atoms with Gasteiger partial charge >= 0.3 is 32.7 Å². The van der Waals surface area contributed by atoms with E-state index in [9.17, 15) is 9.18 Å². The van der Waals surface area contributed by atoms with Gasteiger partial charge in [0.25, 0.3) is 0 Å². The second kappa shape index (κ2) is 7.72. The molecule has 0 aromatic carbocycles. The Hall–Kier alpha value is -0.986. The quantitative estimate of drug-likeness (QED) is 0.797. The van der Waals surface area contributed by atoms with Crippen LogP contribution < -0.4 is 5.49 Å². The minimum Gasteiger partial charge on any atom is -0.437 e. The molecule has 1 aliphatic rings. The van der Waals surface area contributed by atoms with Gasteiger partial charge in [-0.2, -0.15) is 0 Å². The van der Waals surface area contributed by atoms with E-state index in [0.29, 0.717) is 17.6 Å². The second-order valence-corrected chi connectivity index (χ2v) is 5.19. The van der Waals surface area contributed by atoms with Crippen molar-refractivity contribution in [1.29, 1.82) is 0 Å². The van der Waals surface area contributed by atoms with E-state index in [1.165, 1.54) is 6.33 Å². The summed E-state index contributed by atoms with van der Waals surface area (Å²) < 4.78 is 21.5. The molecule has 0 spiro atoms. The van der Waals surface area contributed by atoms with Gasteiger partial charge in [0.05, 0.1) is 17.9 Å². The fourth-order valence-corrected chi connectivity index (χ4v) is 2.51. The molecule has 9 heteroatoms. The Morgan fingerprint density at radius 3 is 3.04 bits per heavy atom. The maximum Gasteiger partial charge on any atom is 3.00 e. The summed E-state index contributed by atoms with van der Waals surface area (Å²) in [6.45, 7) is 3.67. The normalized spacial score (nSPS) is 24.8. The predicted octanol–water partition coefficient (Wildman–Crippen LogP) is 1.43. The molecular weight excluding hydrogens is 378 g/mol. The summed E-state index contributed by atoms with van der Waals surface area (Å²) >= 11 is 0. The third-order valence-corrected chi connectivity index (χ3v) is 3.73. The number of hydrogen-bond donors (Lipinski definition) is 1. The maximum atomic E-state index is 14.2. The molecule has 3 unspecified atom stereocenters. The van der Waals surface area contributed by atoms with Crippen LogP contribution >= 0.6 is 0 Å². The first-order valence-corrected chi connectivity index (χ1v) is 7.34. The zero-order valence-corrected chi connectivity index (χ0v) is 15.8. The molecule has 7 nitrogen and oxygen atoms in total. The Morgan fingerprint density at radius 2 is 2.39 bits per heavy atom. The summed E-state index contributed by atoms with van der Waals surface area (Å²) in [4.78, 5) is 26.3. The van der Waals surface area contributed by atoms with Gasteiger partial charge in [0.1, 0.15) is 6.17 Å². The van der Waals surface area contributed by atoms with Crippen molar-refractivity contribution >= 4 is 17.1 Å². The minimum absolute atomic E-state index is 0. The fourth-order valence-electron chi connectivity index (χ4n) is 2.51. The molecule has 2 aromatic rings. The number of ether oxygens (including phenoxy) is 1. The van der Waals surface area contributed by atoms with Crippen molar-refractivity contribution in [2.45, 2.75) is 51.6 Å². The van der Waals surface area contributed by atoms with Crippen molar-refractivity contribution in [2.75, 3.05) is 0 Å². The van der Waals surface area contributed by atoms with Crippen LogP contribution in [-0.2, 0) is 42.2 Å². The molecule has 3 rings (SSSR count). The Morgan fingerprint density at radius 1 is 1.61 bits per heavy atom. The van der Waals surface area contributed by atoms with E-state index in [1.807, 2.05) is 6.92 Å². The molecule has 0 aliphatic carbocycles. The van der Waals surface area contributed by atoms with Gasteiger partial charge in [0.15, 0.2) is 6.23 Å². The summed E-state index contributed by atoms with van der Waals surface area (Å²) in [5.74, 6) is -0.297. The number of halogens is 1. The van der Waals surface area contributed by atoms with Crippen molar-refractivity contribution in [2.24, 2.45) is 4.99 Å². The molecule has 3 atom stereocenters. The molecule has 3 heterocycles. The number of H-pyrrole nitrogens is 1. The van der Waals surface area contributed by atoms with Crippen LogP contribution in [0, 0.1) is 6.33 Å². The number of aromatic amines is 1. The van der Waals surface area contributed by atoms with Gasteiger partial charge in [0.2, 0.25) is 5.91 Å². The molecule has 1 fully saturated rings. The summed E-state index contributed by atoms with van der Waals surface area (Å²) in [6.07, 6.45) is 3.48. The number of amides is 1. The van der Waals surface area contributed by atoms with Gasteiger partial charge in [0, 0.05) is 30.3 Å². The molecule has 23 heavy (non-hydrogen) atoms. The number of imidazole rings is 1. The van der Waals surface area contributed by atoms with Crippen LogP contribution in [0.3, 0.4) is 0 Å². The summed E-state index contributed by atoms with van der Waals surface area (Å²) in [6, 6.07) is 0. The van der Waals surface area contributed by atoms with Gasteiger partial charge < -0.3 is 19.3 Å². The van der Waals surface area contributed by atoms with E-state index >= 15 is 0 Å². The van der Waals surface area contributed by atoms with E-state index in [4.69, 9.17) is 4.74 Å². The van der Waals surface area contributed by atoms with Crippen molar-refractivity contribution < 1.29 is 46.6 Å². The first-order chi connectivity index (χ1) is 10.6. The van der Waals surface area contributed by atoms with Crippen LogP contribution in [0.1, 0.15) is 39.3 Å². The Labute approximate surface area is 157 Å². The number of rotatable bonds is 3. The molecule has 0 radical (unpaired) electrons. The molecule has 118 valence electrons. The SMILES string of the molecule is CCC(=O)N=c1n[c-][nH]c2c1ncn2C1OC(CC)CC1F.[Y+3]. The van der Waals surface area contributed by atoms with Crippen LogP contribution in [0.15, 0.2) is 11.3 Å². The summed E-state index contributed by atoms with van der Waals surface area (Å²) in [5, 5.41) is 0. The number of hydrogen-bond acceptors (Lipinski definition) is 4. The number of fused-ring (bicyclic) bond motifs is 1. The van der Waals surface area contributed by atoms with Gasteiger partial charge in [-0.1, -0.05) is 13.8 Å². The molecule has 1 aliphatic heterocycles. The van der Waals surface area contributed by atoms with Crippen LogP contribution in [0.25, 0.3) is 11.2 Å². The smallest absolute Gasteiger partial charge is 0.437 e. The number of nitrogens with zero attached hydrogens (tertiary/aromatic N) is 4. The average Bonchev–Trinajstić information content (AvgIpc) is 3.10. The van der Waals surface area contributed by atoms with E-state index < -0.39 is 12.4 Å². The molecular formula is C14H17FN5O2Y+2. The van der Waals surface area contributed by atoms with E-state index in [0.717, 1.165) is 6.42 Å². The largest absolute Gasteiger partial charge is 3.00 e. The number of aromatic nitrogens is 4. The Kier molecular flexibility index (Phi) is 6.16. The monoisotopic (exact) mass is 395 g/mol. The predicted molar refractivity (Wildman–Crippen MR) is 75.3 cm³/mol. The third-order valence-electron chi connectivity index (χ3n) is 3.73. The van der Waals surface area contributed by atoms with Crippen molar-refractivity contribution in [3.05, 3.63) is 18.1 Å². The standard InChI is InChI=1S/C14H17FN5O2.Y/c1-3-8-5-9(15)14(22-8)20-7-18-11-12(19-10(21)4-2)16-6-17-13(11)20;/h7-9,14H,3-5H2,1-2H3,(H,16,17,19,21);/q-1;+3. The fraction of sp³-hybridized carbons (Fsp3) is 0.571. The first kappa shape index (κ1) is 18.4. The van der Waals surface area contributed by atoms with Crippen LogP contribution in [0.2, 0.25) is 0 Å².